The quantitative estimate of drug-likeness (QED) is 0.159. The Hall–Kier alpha value is -6.56. The smallest absolute Gasteiger partial charge is 0.252 e. The standard InChI is InChI=1S/C82H96BN3S/c1-49-40-51(75(3,4)5)27-34-64(49)84(65-35-28-52(41-50(65)2)76(6,7)8)56-30-33-62-67(46-56)86(66-24-23-25-71-73(66)57-31-26-53(77(9,10)11)44-72(57)87-71)70-43-54(78(12,13)14)42-69-74(70)83(62)63-47-60-61(82(21,22)39-38-81(60,19)20)48-68(63)85(69)55-29-32-58-59(45-55)80(17,18)37-36-79(58,15)16/h23-35,40-48H,36-39H2,1-22H3. The number of aryl methyl sites for hydroxylation is 2. The largest absolute Gasteiger partial charge is 0.311 e. The van der Waals surface area contributed by atoms with Crippen molar-refractivity contribution in [2.45, 2.75) is 221 Å². The molecule has 0 fully saturated rings. The molecule has 0 saturated carbocycles. The number of nitrogens with zero attached hydrogens (tertiary/aromatic N) is 3. The Balaban J connectivity index is 1.17. The van der Waals surface area contributed by atoms with Gasteiger partial charge in [0.15, 0.2) is 0 Å². The molecule has 0 radical (unpaired) electrons. The first-order valence-electron chi connectivity index (χ1n) is 32.7. The van der Waals surface area contributed by atoms with Crippen LogP contribution in [0.15, 0.2) is 133 Å². The summed E-state index contributed by atoms with van der Waals surface area (Å²) in [6.07, 6.45) is 4.65. The van der Waals surface area contributed by atoms with Crippen LogP contribution in [0.1, 0.15) is 220 Å². The summed E-state index contributed by atoms with van der Waals surface area (Å²) < 4.78 is 2.64. The van der Waals surface area contributed by atoms with Crippen molar-refractivity contribution in [2.24, 2.45) is 0 Å². The van der Waals surface area contributed by atoms with E-state index in [9.17, 15) is 0 Å². The van der Waals surface area contributed by atoms with Crippen LogP contribution in [0.25, 0.3) is 20.2 Å². The molecule has 9 aromatic rings. The van der Waals surface area contributed by atoms with E-state index in [0.717, 1.165) is 24.9 Å². The number of rotatable bonds is 5. The fraction of sp³-hybridized carbons (Fsp3) is 0.415. The fourth-order valence-corrected chi connectivity index (χ4v) is 16.6. The van der Waals surface area contributed by atoms with Gasteiger partial charge in [-0.25, -0.2) is 0 Å². The molecule has 87 heavy (non-hydrogen) atoms. The molecule has 0 unspecified atom stereocenters. The molecule has 3 nitrogen and oxygen atoms in total. The maximum atomic E-state index is 2.75. The van der Waals surface area contributed by atoms with Crippen molar-refractivity contribution in [3.63, 3.8) is 0 Å². The van der Waals surface area contributed by atoms with E-state index in [1.807, 2.05) is 11.3 Å². The van der Waals surface area contributed by atoms with E-state index in [4.69, 9.17) is 0 Å². The molecule has 8 aromatic carbocycles. The second-order valence-electron chi connectivity index (χ2n) is 33.8. The van der Waals surface area contributed by atoms with Crippen LogP contribution >= 0.6 is 11.3 Å². The van der Waals surface area contributed by atoms with Crippen LogP contribution < -0.4 is 31.1 Å². The highest BCUT2D eigenvalue weighted by atomic mass is 32.1. The third-order valence-electron chi connectivity index (χ3n) is 21.4. The zero-order valence-electron chi connectivity index (χ0n) is 56.9. The van der Waals surface area contributed by atoms with Crippen molar-refractivity contribution in [2.75, 3.05) is 14.7 Å². The average molecular weight is 1170 g/mol. The number of hydrogen-bond donors (Lipinski definition) is 0. The molecule has 0 spiro atoms. The summed E-state index contributed by atoms with van der Waals surface area (Å²) in [7, 11) is 0. The lowest BCUT2D eigenvalue weighted by atomic mass is 9.33. The van der Waals surface area contributed by atoms with E-state index < -0.39 is 0 Å². The first-order valence-corrected chi connectivity index (χ1v) is 33.5. The molecular weight excluding hydrogens is 1070 g/mol. The molecule has 2 aliphatic carbocycles. The number of anilines is 9. The molecule has 4 aliphatic rings. The van der Waals surface area contributed by atoms with Crippen LogP contribution in [0.2, 0.25) is 0 Å². The van der Waals surface area contributed by atoms with E-state index in [-0.39, 0.29) is 50.0 Å². The van der Waals surface area contributed by atoms with Gasteiger partial charge in [0.05, 0.1) is 5.69 Å². The summed E-state index contributed by atoms with van der Waals surface area (Å²) in [4.78, 5) is 8.07. The van der Waals surface area contributed by atoms with Gasteiger partial charge in [-0.3, -0.25) is 0 Å². The van der Waals surface area contributed by atoms with Crippen LogP contribution in [0.4, 0.5) is 51.2 Å². The molecule has 448 valence electrons. The zero-order valence-corrected chi connectivity index (χ0v) is 57.7. The van der Waals surface area contributed by atoms with Crippen molar-refractivity contribution in [1.82, 2.24) is 0 Å². The summed E-state index contributed by atoms with van der Waals surface area (Å²) in [5, 5.41) is 2.63. The Morgan fingerprint density at radius 3 is 1.45 bits per heavy atom. The third kappa shape index (κ3) is 9.63. The van der Waals surface area contributed by atoms with Gasteiger partial charge in [-0.05, 0) is 228 Å². The topological polar surface area (TPSA) is 9.72 Å². The predicted molar refractivity (Wildman–Crippen MR) is 383 cm³/mol. The van der Waals surface area contributed by atoms with E-state index >= 15 is 0 Å². The van der Waals surface area contributed by atoms with Gasteiger partial charge in [0.2, 0.25) is 0 Å². The van der Waals surface area contributed by atoms with Crippen molar-refractivity contribution >= 4 is 106 Å². The molecule has 0 bridgehead atoms. The number of thiophene rings is 1. The maximum absolute atomic E-state index is 2.75. The van der Waals surface area contributed by atoms with Crippen LogP contribution in [0.3, 0.4) is 0 Å². The molecule has 2 aliphatic heterocycles. The lowest BCUT2D eigenvalue weighted by Gasteiger charge is -2.48. The van der Waals surface area contributed by atoms with Crippen LogP contribution in [0, 0.1) is 13.8 Å². The molecule has 3 heterocycles. The third-order valence-corrected chi connectivity index (χ3v) is 22.6. The average Bonchev–Trinajstić information content (AvgIpc) is 0.897. The Morgan fingerprint density at radius 2 is 0.897 bits per heavy atom. The second kappa shape index (κ2) is 19.5. The van der Waals surface area contributed by atoms with Crippen molar-refractivity contribution in [1.29, 1.82) is 0 Å². The lowest BCUT2D eigenvalue weighted by molar-refractivity contribution is 0.332. The molecule has 5 heteroatoms. The van der Waals surface area contributed by atoms with Gasteiger partial charge >= 0.3 is 0 Å². The number of benzene rings is 8. The van der Waals surface area contributed by atoms with E-state index in [1.165, 1.54) is 144 Å². The minimum absolute atomic E-state index is 0.00251. The Labute approximate surface area is 527 Å². The van der Waals surface area contributed by atoms with Crippen molar-refractivity contribution in [3.05, 3.63) is 189 Å². The molecule has 0 N–H and O–H groups in total. The molecule has 0 atom stereocenters. The molecule has 0 saturated heterocycles. The Bertz CT molecular complexity index is 4260. The second-order valence-corrected chi connectivity index (χ2v) is 34.9. The van der Waals surface area contributed by atoms with Crippen molar-refractivity contribution < 1.29 is 0 Å². The lowest BCUT2D eigenvalue weighted by Crippen LogP contribution is -2.62. The summed E-state index contributed by atoms with van der Waals surface area (Å²) in [6.45, 7) is 52.8. The highest BCUT2D eigenvalue weighted by molar-refractivity contribution is 7.26. The molecule has 0 amide bonds. The number of hydrogen-bond acceptors (Lipinski definition) is 4. The summed E-state index contributed by atoms with van der Waals surface area (Å²) in [5.41, 5.74) is 29.1. The van der Waals surface area contributed by atoms with Gasteiger partial charge in [0.1, 0.15) is 0 Å². The van der Waals surface area contributed by atoms with E-state index in [0.29, 0.717) is 0 Å². The fourth-order valence-electron chi connectivity index (χ4n) is 15.5. The first-order chi connectivity index (χ1) is 40.4. The SMILES string of the molecule is Cc1cc(C(C)(C)C)ccc1N(c1ccc2c(c1)N(c1cccc3sc4cc(C(C)(C)C)ccc4c13)c1cc(C(C)(C)C)cc3c1B2c1cc2c(cc1N3c1ccc3c(c1)C(C)(C)CCC3(C)C)C(C)(C)CCC2(C)C)c1ccc(C(C)(C)C)cc1C. The van der Waals surface area contributed by atoms with E-state index in [1.54, 1.807) is 0 Å². The van der Waals surface area contributed by atoms with Crippen LogP contribution in [0.5, 0.6) is 0 Å². The maximum Gasteiger partial charge on any atom is 0.252 e. The summed E-state index contributed by atoms with van der Waals surface area (Å²) in [5.74, 6) is 0. The summed E-state index contributed by atoms with van der Waals surface area (Å²) >= 11 is 1.94. The van der Waals surface area contributed by atoms with Gasteiger partial charge in [-0.1, -0.05) is 199 Å². The molecular formula is C82H96BN3S. The van der Waals surface area contributed by atoms with Gasteiger partial charge < -0.3 is 14.7 Å². The Kier molecular flexibility index (Phi) is 13.3. The normalized spacial score (nSPS) is 17.4. The first kappa shape index (κ1) is 59.4. The van der Waals surface area contributed by atoms with Crippen molar-refractivity contribution in [3.8, 4) is 0 Å². The Morgan fingerprint density at radius 1 is 0.402 bits per heavy atom. The molecule has 13 rings (SSSR count). The minimum Gasteiger partial charge on any atom is -0.311 e. The highest BCUT2D eigenvalue weighted by Crippen LogP contribution is 2.55. The van der Waals surface area contributed by atoms with Gasteiger partial charge in [-0.2, -0.15) is 0 Å². The highest BCUT2D eigenvalue weighted by Gasteiger charge is 2.48. The minimum atomic E-state index is -0.181. The van der Waals surface area contributed by atoms with E-state index in [2.05, 4.69) is 300 Å². The predicted octanol–water partition coefficient (Wildman–Crippen LogP) is 22.1. The molecule has 1 aromatic heterocycles. The van der Waals surface area contributed by atoms with Gasteiger partial charge in [-0.15, -0.1) is 11.3 Å². The van der Waals surface area contributed by atoms with Gasteiger partial charge in [0, 0.05) is 65.7 Å². The van der Waals surface area contributed by atoms with Gasteiger partial charge in [0.25, 0.3) is 6.71 Å². The summed E-state index contributed by atoms with van der Waals surface area (Å²) in [6, 6.07) is 54.7. The monoisotopic (exact) mass is 1170 g/mol. The zero-order chi connectivity index (χ0) is 62.4. The van der Waals surface area contributed by atoms with Crippen LogP contribution in [-0.4, -0.2) is 6.71 Å². The number of fused-ring (bicyclic) bond motifs is 9. The van der Waals surface area contributed by atoms with Crippen LogP contribution in [-0.2, 0) is 43.3 Å².